The quantitative estimate of drug-likeness (QED) is 0.811. The second kappa shape index (κ2) is 8.12. The molecule has 0 bridgehead atoms. The van der Waals surface area contributed by atoms with Crippen LogP contribution in [0.5, 0.6) is 0 Å². The molecule has 0 atom stereocenters. The molecule has 0 spiro atoms. The minimum atomic E-state index is -0.487. The molecule has 2 aromatic rings. The van der Waals surface area contributed by atoms with E-state index in [1.807, 2.05) is 39.0 Å². The van der Waals surface area contributed by atoms with Crippen LogP contribution in [0, 0.1) is 0 Å². The third-order valence-electron chi connectivity index (χ3n) is 4.61. The fourth-order valence-electron chi connectivity index (χ4n) is 3.32. The maximum atomic E-state index is 12.3. The molecule has 1 saturated heterocycles. The lowest BCUT2D eigenvalue weighted by Gasteiger charge is -2.27. The van der Waals surface area contributed by atoms with E-state index in [2.05, 4.69) is 16.0 Å². The molecule has 152 valence electrons. The van der Waals surface area contributed by atoms with Gasteiger partial charge >= 0.3 is 12.1 Å². The van der Waals surface area contributed by atoms with Crippen LogP contribution in [-0.2, 0) is 9.47 Å². The normalized spacial score (nSPS) is 15.4. The summed E-state index contributed by atoms with van der Waals surface area (Å²) in [6.07, 6.45) is 0.618. The summed E-state index contributed by atoms with van der Waals surface area (Å²) in [5.74, 6) is -0.344. The van der Waals surface area contributed by atoms with E-state index in [1.165, 1.54) is 0 Å². The van der Waals surface area contributed by atoms with Crippen molar-refractivity contribution in [2.75, 3.05) is 37.7 Å². The van der Waals surface area contributed by atoms with Crippen LogP contribution in [-0.4, -0.2) is 60.3 Å². The minimum Gasteiger partial charge on any atom is -0.461 e. The van der Waals surface area contributed by atoms with Gasteiger partial charge in [-0.15, -0.1) is 0 Å². The standard InChI is InChI=1S/C21H29N3O4/c1-5-27-19(25)18-14-15-13-16(7-8-17(15)22-18)23-9-6-10-24(12-11-23)20(26)28-21(2,3)4/h7-8,13-14,22H,5-6,9-12H2,1-4H3. The van der Waals surface area contributed by atoms with Crippen LogP contribution in [0.2, 0.25) is 0 Å². The monoisotopic (exact) mass is 387 g/mol. The van der Waals surface area contributed by atoms with Crippen LogP contribution >= 0.6 is 0 Å². The number of aromatic nitrogens is 1. The zero-order chi connectivity index (χ0) is 20.3. The molecule has 0 radical (unpaired) electrons. The van der Waals surface area contributed by atoms with Crippen LogP contribution in [0.3, 0.4) is 0 Å². The third kappa shape index (κ3) is 4.77. The van der Waals surface area contributed by atoms with Gasteiger partial charge in [0.2, 0.25) is 0 Å². The Kier molecular flexibility index (Phi) is 5.82. The number of hydrogen-bond acceptors (Lipinski definition) is 5. The second-order valence-corrected chi connectivity index (χ2v) is 7.98. The van der Waals surface area contributed by atoms with Crippen molar-refractivity contribution in [3.8, 4) is 0 Å². The number of nitrogens with one attached hydrogen (secondary N) is 1. The van der Waals surface area contributed by atoms with E-state index in [1.54, 1.807) is 11.8 Å². The molecule has 0 saturated carbocycles. The van der Waals surface area contributed by atoms with Crippen LogP contribution in [0.25, 0.3) is 10.9 Å². The van der Waals surface area contributed by atoms with E-state index in [9.17, 15) is 9.59 Å². The number of esters is 1. The van der Waals surface area contributed by atoms with Gasteiger partial charge in [0.25, 0.3) is 0 Å². The number of carbonyl (C=O) groups is 2. The Morgan fingerprint density at radius 1 is 1.11 bits per heavy atom. The molecule has 1 N–H and O–H groups in total. The number of anilines is 1. The summed E-state index contributed by atoms with van der Waals surface area (Å²) in [7, 11) is 0. The highest BCUT2D eigenvalue weighted by molar-refractivity contribution is 5.95. The molecule has 1 aliphatic heterocycles. The molecule has 1 amide bonds. The molecule has 1 aliphatic rings. The molecule has 1 fully saturated rings. The molecular formula is C21H29N3O4. The second-order valence-electron chi connectivity index (χ2n) is 7.98. The van der Waals surface area contributed by atoms with Crippen molar-refractivity contribution in [2.24, 2.45) is 0 Å². The molecule has 2 heterocycles. The molecule has 7 nitrogen and oxygen atoms in total. The Hall–Kier alpha value is -2.70. The number of aromatic amines is 1. The molecule has 1 aromatic heterocycles. The van der Waals surface area contributed by atoms with Crippen LogP contribution in [0.4, 0.5) is 10.5 Å². The van der Waals surface area contributed by atoms with Crippen molar-refractivity contribution < 1.29 is 19.1 Å². The van der Waals surface area contributed by atoms with Gasteiger partial charge in [0.1, 0.15) is 11.3 Å². The summed E-state index contributed by atoms with van der Waals surface area (Å²) < 4.78 is 10.6. The maximum Gasteiger partial charge on any atom is 0.410 e. The highest BCUT2D eigenvalue weighted by Gasteiger charge is 2.24. The lowest BCUT2D eigenvalue weighted by Crippen LogP contribution is -2.39. The predicted molar refractivity (Wildman–Crippen MR) is 109 cm³/mol. The van der Waals surface area contributed by atoms with Crippen molar-refractivity contribution in [3.63, 3.8) is 0 Å². The number of nitrogens with zero attached hydrogens (tertiary/aromatic N) is 2. The number of rotatable bonds is 3. The number of H-pyrrole nitrogens is 1. The van der Waals surface area contributed by atoms with E-state index in [-0.39, 0.29) is 12.1 Å². The predicted octanol–water partition coefficient (Wildman–Crippen LogP) is 3.79. The smallest absolute Gasteiger partial charge is 0.410 e. The van der Waals surface area contributed by atoms with Crippen LogP contribution in [0.15, 0.2) is 24.3 Å². The third-order valence-corrected chi connectivity index (χ3v) is 4.61. The number of amides is 1. The van der Waals surface area contributed by atoms with Crippen molar-refractivity contribution >= 4 is 28.7 Å². The summed E-state index contributed by atoms with van der Waals surface area (Å²) in [4.78, 5) is 31.4. The largest absolute Gasteiger partial charge is 0.461 e. The SMILES string of the molecule is CCOC(=O)c1cc2cc(N3CCCN(C(=O)OC(C)(C)C)CC3)ccc2[nH]1. The average molecular weight is 387 g/mol. The lowest BCUT2D eigenvalue weighted by atomic mass is 10.2. The van der Waals surface area contributed by atoms with Gasteiger partial charge in [-0.25, -0.2) is 9.59 Å². The maximum absolute atomic E-state index is 12.3. The highest BCUT2D eigenvalue weighted by Crippen LogP contribution is 2.24. The van der Waals surface area contributed by atoms with Gasteiger partial charge in [0, 0.05) is 42.8 Å². The molecule has 3 rings (SSSR count). The molecule has 0 unspecified atom stereocenters. The van der Waals surface area contributed by atoms with E-state index >= 15 is 0 Å². The van der Waals surface area contributed by atoms with E-state index in [0.29, 0.717) is 25.4 Å². The first kappa shape index (κ1) is 20.0. The number of benzene rings is 1. The summed E-state index contributed by atoms with van der Waals surface area (Å²) in [6, 6.07) is 7.90. The first-order chi connectivity index (χ1) is 13.3. The summed E-state index contributed by atoms with van der Waals surface area (Å²) >= 11 is 0. The van der Waals surface area contributed by atoms with Crippen molar-refractivity contribution in [3.05, 3.63) is 30.0 Å². The molecule has 28 heavy (non-hydrogen) atoms. The fourth-order valence-corrected chi connectivity index (χ4v) is 3.32. The van der Waals surface area contributed by atoms with Gasteiger partial charge in [0.15, 0.2) is 0 Å². The molecule has 7 heteroatoms. The van der Waals surface area contributed by atoms with Gasteiger partial charge in [-0.05, 0) is 58.4 Å². The lowest BCUT2D eigenvalue weighted by molar-refractivity contribution is 0.0263. The van der Waals surface area contributed by atoms with Gasteiger partial charge < -0.3 is 24.3 Å². The first-order valence-corrected chi connectivity index (χ1v) is 9.79. The van der Waals surface area contributed by atoms with Crippen LogP contribution in [0.1, 0.15) is 44.6 Å². The van der Waals surface area contributed by atoms with Gasteiger partial charge in [-0.2, -0.15) is 0 Å². The minimum absolute atomic E-state index is 0.255. The van der Waals surface area contributed by atoms with Crippen molar-refractivity contribution in [1.29, 1.82) is 0 Å². The number of carbonyl (C=O) groups excluding carboxylic acids is 2. The van der Waals surface area contributed by atoms with E-state index in [0.717, 1.165) is 36.1 Å². The van der Waals surface area contributed by atoms with Crippen molar-refractivity contribution in [1.82, 2.24) is 9.88 Å². The zero-order valence-electron chi connectivity index (χ0n) is 17.1. The number of fused-ring (bicyclic) bond motifs is 1. The van der Waals surface area contributed by atoms with Gasteiger partial charge in [-0.3, -0.25) is 0 Å². The van der Waals surface area contributed by atoms with E-state index in [4.69, 9.17) is 9.47 Å². The van der Waals surface area contributed by atoms with Gasteiger partial charge in [0.05, 0.1) is 6.61 Å². The summed E-state index contributed by atoms with van der Waals surface area (Å²) in [6.45, 7) is 10.7. The molecular weight excluding hydrogens is 358 g/mol. The fraction of sp³-hybridized carbons (Fsp3) is 0.524. The van der Waals surface area contributed by atoms with Gasteiger partial charge in [-0.1, -0.05) is 0 Å². The Morgan fingerprint density at radius 3 is 2.61 bits per heavy atom. The van der Waals surface area contributed by atoms with E-state index < -0.39 is 5.60 Å². The molecule has 0 aliphatic carbocycles. The first-order valence-electron chi connectivity index (χ1n) is 9.79. The Bertz CT molecular complexity index is 853. The zero-order valence-corrected chi connectivity index (χ0v) is 17.1. The average Bonchev–Trinajstić information content (AvgIpc) is 2.88. The topological polar surface area (TPSA) is 74.9 Å². The van der Waals surface area contributed by atoms with Crippen molar-refractivity contribution in [2.45, 2.75) is 39.7 Å². The Balaban J connectivity index is 1.70. The highest BCUT2D eigenvalue weighted by atomic mass is 16.6. The summed E-state index contributed by atoms with van der Waals surface area (Å²) in [5, 5.41) is 0.966. The Morgan fingerprint density at radius 2 is 1.89 bits per heavy atom. The number of hydrogen-bond donors (Lipinski definition) is 1. The summed E-state index contributed by atoms with van der Waals surface area (Å²) in [5.41, 5.74) is 1.95. The molecule has 1 aromatic carbocycles. The Labute approximate surface area is 165 Å². The van der Waals surface area contributed by atoms with Crippen LogP contribution < -0.4 is 4.90 Å². The number of ether oxygens (including phenoxy) is 2.